The van der Waals surface area contributed by atoms with E-state index in [0.717, 1.165) is 12.8 Å². The van der Waals surface area contributed by atoms with E-state index in [1.165, 1.54) is 4.90 Å². The molecule has 0 saturated carbocycles. The summed E-state index contributed by atoms with van der Waals surface area (Å²) >= 11 is 0. The molecule has 0 heterocycles. The Labute approximate surface area is 102 Å². The molecule has 0 radical (unpaired) electrons. The van der Waals surface area contributed by atoms with Crippen LogP contribution in [0.2, 0.25) is 0 Å². The molecule has 0 aliphatic rings. The first-order valence-electron chi connectivity index (χ1n) is 5.95. The normalized spacial score (nSPS) is 11.6. The highest BCUT2D eigenvalue weighted by molar-refractivity contribution is 5.82. The lowest BCUT2D eigenvalue weighted by Gasteiger charge is -2.22. The summed E-state index contributed by atoms with van der Waals surface area (Å²) < 4.78 is 0. The van der Waals surface area contributed by atoms with Gasteiger partial charge in [0, 0.05) is 13.1 Å². The monoisotopic (exact) mass is 242 g/mol. The predicted molar refractivity (Wildman–Crippen MR) is 66.9 cm³/mol. The van der Waals surface area contributed by atoms with Gasteiger partial charge in [-0.05, 0) is 13.3 Å². The summed E-state index contributed by atoms with van der Waals surface area (Å²) in [6, 6.07) is -1.16. The number of amides is 2. The van der Waals surface area contributed by atoms with E-state index in [-0.39, 0.29) is 6.03 Å². The number of rotatable bonds is 8. The summed E-state index contributed by atoms with van der Waals surface area (Å²) in [5, 5.41) is 11.5. The number of nitrogens with zero attached hydrogens (tertiary/aromatic N) is 1. The summed E-state index contributed by atoms with van der Waals surface area (Å²) in [6.45, 7) is 8.32. The fourth-order valence-electron chi connectivity index (χ4n) is 1.42. The number of hydrogen-bond donors (Lipinski definition) is 2. The van der Waals surface area contributed by atoms with Crippen molar-refractivity contribution in [1.82, 2.24) is 10.2 Å². The second-order valence-electron chi connectivity index (χ2n) is 3.81. The highest BCUT2D eigenvalue weighted by Crippen LogP contribution is 2.02. The van der Waals surface area contributed by atoms with Gasteiger partial charge in [-0.3, -0.25) is 0 Å². The summed E-state index contributed by atoms with van der Waals surface area (Å²) in [6.07, 6.45) is 3.77. The van der Waals surface area contributed by atoms with Gasteiger partial charge in [0.2, 0.25) is 0 Å². The largest absolute Gasteiger partial charge is 0.480 e. The second-order valence-corrected chi connectivity index (χ2v) is 3.81. The molecule has 2 N–H and O–H groups in total. The Kier molecular flexibility index (Phi) is 7.84. The van der Waals surface area contributed by atoms with Crippen LogP contribution in [0.5, 0.6) is 0 Å². The van der Waals surface area contributed by atoms with Crippen molar-refractivity contribution in [2.45, 2.75) is 39.2 Å². The first-order chi connectivity index (χ1) is 8.06. The van der Waals surface area contributed by atoms with Gasteiger partial charge in [0.05, 0.1) is 0 Å². The Hall–Kier alpha value is -1.52. The first-order valence-corrected chi connectivity index (χ1v) is 5.95. The van der Waals surface area contributed by atoms with Crippen LogP contribution in [0.15, 0.2) is 12.7 Å². The molecule has 0 aromatic rings. The lowest BCUT2D eigenvalue weighted by molar-refractivity contribution is -0.139. The minimum atomic E-state index is -0.985. The van der Waals surface area contributed by atoms with E-state index in [0.29, 0.717) is 19.5 Å². The van der Waals surface area contributed by atoms with Gasteiger partial charge < -0.3 is 15.3 Å². The first kappa shape index (κ1) is 15.5. The number of carboxylic acids is 1. The molecule has 0 aromatic carbocycles. The molecule has 0 aliphatic carbocycles. The van der Waals surface area contributed by atoms with Crippen molar-refractivity contribution < 1.29 is 14.7 Å². The minimum Gasteiger partial charge on any atom is -0.480 e. The molecule has 98 valence electrons. The Morgan fingerprint density at radius 1 is 1.47 bits per heavy atom. The van der Waals surface area contributed by atoms with Crippen LogP contribution in [0.4, 0.5) is 4.79 Å². The molecule has 0 aromatic heterocycles. The van der Waals surface area contributed by atoms with Crippen molar-refractivity contribution in [3.05, 3.63) is 12.7 Å². The molecule has 17 heavy (non-hydrogen) atoms. The molecule has 0 rings (SSSR count). The minimum absolute atomic E-state index is 0.351. The van der Waals surface area contributed by atoms with Crippen molar-refractivity contribution in [2.24, 2.45) is 0 Å². The smallest absolute Gasteiger partial charge is 0.326 e. The number of urea groups is 1. The van der Waals surface area contributed by atoms with Gasteiger partial charge in [0.15, 0.2) is 0 Å². The number of likely N-dealkylation sites (N-methyl/N-ethyl adjacent to an activating group) is 1. The van der Waals surface area contributed by atoms with Gasteiger partial charge >= 0.3 is 12.0 Å². The number of aliphatic carboxylic acids is 1. The third-order valence-electron chi connectivity index (χ3n) is 2.46. The van der Waals surface area contributed by atoms with Crippen molar-refractivity contribution >= 4 is 12.0 Å². The van der Waals surface area contributed by atoms with Crippen LogP contribution in [0, 0.1) is 0 Å². The molecule has 0 unspecified atom stereocenters. The van der Waals surface area contributed by atoms with Gasteiger partial charge in [-0.1, -0.05) is 25.8 Å². The van der Waals surface area contributed by atoms with E-state index in [1.807, 2.05) is 13.8 Å². The van der Waals surface area contributed by atoms with Crippen LogP contribution < -0.4 is 5.32 Å². The summed E-state index contributed by atoms with van der Waals surface area (Å²) in [5.41, 5.74) is 0. The fraction of sp³-hybridized carbons (Fsp3) is 0.667. The average Bonchev–Trinajstić information content (AvgIpc) is 2.30. The van der Waals surface area contributed by atoms with E-state index in [9.17, 15) is 9.59 Å². The number of nitrogens with one attached hydrogen (secondary N) is 1. The van der Waals surface area contributed by atoms with Crippen LogP contribution in [0.25, 0.3) is 0 Å². The third kappa shape index (κ3) is 5.94. The molecule has 2 amide bonds. The number of unbranched alkanes of at least 4 members (excludes halogenated alkanes) is 1. The highest BCUT2D eigenvalue weighted by Gasteiger charge is 2.21. The Bertz CT molecular complexity index is 266. The molecule has 1 atom stereocenters. The van der Waals surface area contributed by atoms with Crippen LogP contribution in [0.1, 0.15) is 33.1 Å². The van der Waals surface area contributed by atoms with Gasteiger partial charge in [-0.15, -0.1) is 6.58 Å². The topological polar surface area (TPSA) is 69.6 Å². The zero-order valence-corrected chi connectivity index (χ0v) is 10.6. The molecule has 0 fully saturated rings. The predicted octanol–water partition coefficient (Wildman–Crippen LogP) is 1.85. The molecule has 0 spiro atoms. The lowest BCUT2D eigenvalue weighted by atomic mass is 10.1. The van der Waals surface area contributed by atoms with Crippen LogP contribution in [0.3, 0.4) is 0 Å². The van der Waals surface area contributed by atoms with Crippen molar-refractivity contribution in [2.75, 3.05) is 13.1 Å². The fourth-order valence-corrected chi connectivity index (χ4v) is 1.42. The van der Waals surface area contributed by atoms with Crippen LogP contribution in [-0.4, -0.2) is 41.1 Å². The third-order valence-corrected chi connectivity index (χ3v) is 2.46. The average molecular weight is 242 g/mol. The van der Waals surface area contributed by atoms with Gasteiger partial charge in [-0.25, -0.2) is 9.59 Å². The molecular weight excluding hydrogens is 220 g/mol. The molecule has 0 saturated heterocycles. The van der Waals surface area contributed by atoms with E-state index < -0.39 is 12.0 Å². The zero-order valence-electron chi connectivity index (χ0n) is 10.6. The van der Waals surface area contributed by atoms with E-state index >= 15 is 0 Å². The maximum absolute atomic E-state index is 11.7. The Morgan fingerprint density at radius 2 is 2.12 bits per heavy atom. The summed E-state index contributed by atoms with van der Waals surface area (Å²) in [5.74, 6) is -0.985. The number of carboxylic acid groups (broad SMARTS) is 1. The number of carbonyl (C=O) groups is 2. The van der Waals surface area contributed by atoms with Gasteiger partial charge in [-0.2, -0.15) is 0 Å². The van der Waals surface area contributed by atoms with Gasteiger partial charge in [0.1, 0.15) is 6.04 Å². The van der Waals surface area contributed by atoms with E-state index in [4.69, 9.17) is 5.11 Å². The Morgan fingerprint density at radius 3 is 2.53 bits per heavy atom. The van der Waals surface area contributed by atoms with Crippen LogP contribution in [-0.2, 0) is 4.79 Å². The molecular formula is C12H22N2O3. The number of carbonyl (C=O) groups excluding carboxylic acids is 1. The molecule has 5 nitrogen and oxygen atoms in total. The molecule has 0 aliphatic heterocycles. The number of hydrogen-bond acceptors (Lipinski definition) is 2. The lowest BCUT2D eigenvalue weighted by Crippen LogP contribution is -2.47. The maximum Gasteiger partial charge on any atom is 0.326 e. The highest BCUT2D eigenvalue weighted by atomic mass is 16.4. The molecule has 0 bridgehead atoms. The SMILES string of the molecule is C=CCN(CC)C(=O)N[C@@H](CCCC)C(=O)O. The molecule has 5 heteroatoms. The van der Waals surface area contributed by atoms with Crippen molar-refractivity contribution in [1.29, 1.82) is 0 Å². The quantitative estimate of drug-likeness (QED) is 0.638. The van der Waals surface area contributed by atoms with Crippen LogP contribution >= 0.6 is 0 Å². The Balaban J connectivity index is 4.36. The van der Waals surface area contributed by atoms with Gasteiger partial charge in [0.25, 0.3) is 0 Å². The standard InChI is InChI=1S/C12H22N2O3/c1-4-7-8-10(11(15)16)13-12(17)14(6-3)9-5-2/h5,10H,2,4,6-9H2,1,3H3,(H,13,17)(H,15,16)/t10-/m0/s1. The summed E-state index contributed by atoms with van der Waals surface area (Å²) in [7, 11) is 0. The second kappa shape index (κ2) is 8.61. The summed E-state index contributed by atoms with van der Waals surface area (Å²) in [4.78, 5) is 24.2. The van der Waals surface area contributed by atoms with E-state index in [1.54, 1.807) is 6.08 Å². The zero-order chi connectivity index (χ0) is 13.3. The van der Waals surface area contributed by atoms with Crippen molar-refractivity contribution in [3.8, 4) is 0 Å². The van der Waals surface area contributed by atoms with Crippen molar-refractivity contribution in [3.63, 3.8) is 0 Å². The van der Waals surface area contributed by atoms with E-state index in [2.05, 4.69) is 11.9 Å². The maximum atomic E-state index is 11.7.